The molecule has 0 spiro atoms. The number of hydrogen-bond donors (Lipinski definition) is 1. The Labute approximate surface area is 152 Å². The number of rotatable bonds is 6. The number of para-hydroxylation sites is 1. The molecular formula is C19H20ClN3O2. The number of halogens is 1. The summed E-state index contributed by atoms with van der Waals surface area (Å²) in [5.41, 5.74) is 3.01. The van der Waals surface area contributed by atoms with Gasteiger partial charge in [-0.15, -0.1) is 0 Å². The van der Waals surface area contributed by atoms with Gasteiger partial charge in [-0.3, -0.25) is 0 Å². The zero-order valence-electron chi connectivity index (χ0n) is 14.4. The second kappa shape index (κ2) is 7.49. The number of imidazole rings is 1. The highest BCUT2D eigenvalue weighted by atomic mass is 35.5. The Kier molecular flexibility index (Phi) is 5.14. The van der Waals surface area contributed by atoms with E-state index in [0.29, 0.717) is 17.3 Å². The van der Waals surface area contributed by atoms with Crippen LogP contribution in [0.15, 0.2) is 48.7 Å². The molecule has 1 N–H and O–H groups in total. The SMILES string of the molecule is COc1cccc(CNc2ncc(-c3cccc(Cl)c3)n2C)c1OC. The van der Waals surface area contributed by atoms with Gasteiger partial charge in [0.15, 0.2) is 11.5 Å². The largest absolute Gasteiger partial charge is 0.493 e. The van der Waals surface area contributed by atoms with Crippen molar-refractivity contribution in [3.8, 4) is 22.8 Å². The molecule has 0 bridgehead atoms. The van der Waals surface area contributed by atoms with Crippen molar-refractivity contribution in [2.45, 2.75) is 6.54 Å². The monoisotopic (exact) mass is 357 g/mol. The van der Waals surface area contributed by atoms with Crippen molar-refractivity contribution in [2.75, 3.05) is 19.5 Å². The Hall–Kier alpha value is -2.66. The third-order valence-corrected chi connectivity index (χ3v) is 4.27. The van der Waals surface area contributed by atoms with Crippen LogP contribution in [0, 0.1) is 0 Å². The van der Waals surface area contributed by atoms with Crippen LogP contribution in [0.2, 0.25) is 5.02 Å². The first-order valence-electron chi connectivity index (χ1n) is 7.85. The fraction of sp³-hybridized carbons (Fsp3) is 0.211. The van der Waals surface area contributed by atoms with Crippen molar-refractivity contribution >= 4 is 17.5 Å². The van der Waals surface area contributed by atoms with Crippen LogP contribution in [0.1, 0.15) is 5.56 Å². The molecule has 6 heteroatoms. The summed E-state index contributed by atoms with van der Waals surface area (Å²) in [5, 5.41) is 4.05. The van der Waals surface area contributed by atoms with Gasteiger partial charge in [0.05, 0.1) is 26.1 Å². The van der Waals surface area contributed by atoms with Crippen LogP contribution in [0.25, 0.3) is 11.3 Å². The highest BCUT2D eigenvalue weighted by Crippen LogP contribution is 2.31. The number of hydrogen-bond acceptors (Lipinski definition) is 4. The summed E-state index contributed by atoms with van der Waals surface area (Å²) in [5.74, 6) is 2.20. The predicted octanol–water partition coefficient (Wildman–Crippen LogP) is 4.37. The minimum Gasteiger partial charge on any atom is -0.493 e. The molecule has 0 aliphatic heterocycles. The van der Waals surface area contributed by atoms with Crippen molar-refractivity contribution < 1.29 is 9.47 Å². The van der Waals surface area contributed by atoms with E-state index in [1.807, 2.05) is 60.3 Å². The molecule has 0 amide bonds. The third kappa shape index (κ3) is 3.56. The highest BCUT2D eigenvalue weighted by molar-refractivity contribution is 6.30. The summed E-state index contributed by atoms with van der Waals surface area (Å²) < 4.78 is 12.8. The van der Waals surface area contributed by atoms with Gasteiger partial charge in [-0.05, 0) is 18.2 Å². The first kappa shape index (κ1) is 17.2. The van der Waals surface area contributed by atoms with Crippen LogP contribution in [0.3, 0.4) is 0 Å². The summed E-state index contributed by atoms with van der Waals surface area (Å²) in [4.78, 5) is 4.47. The van der Waals surface area contributed by atoms with Crippen molar-refractivity contribution in [1.29, 1.82) is 0 Å². The molecule has 1 heterocycles. The number of nitrogens with zero attached hydrogens (tertiary/aromatic N) is 2. The van der Waals surface area contributed by atoms with Gasteiger partial charge in [-0.1, -0.05) is 35.9 Å². The fourth-order valence-electron chi connectivity index (χ4n) is 2.76. The average Bonchev–Trinajstić information content (AvgIpc) is 3.00. The lowest BCUT2D eigenvalue weighted by atomic mass is 10.2. The Bertz CT molecular complexity index is 877. The molecular weight excluding hydrogens is 338 g/mol. The maximum Gasteiger partial charge on any atom is 0.203 e. The minimum absolute atomic E-state index is 0.570. The topological polar surface area (TPSA) is 48.3 Å². The van der Waals surface area contributed by atoms with Crippen molar-refractivity contribution in [3.05, 3.63) is 59.2 Å². The molecule has 3 rings (SSSR count). The van der Waals surface area contributed by atoms with Gasteiger partial charge in [0.2, 0.25) is 5.95 Å². The van der Waals surface area contributed by atoms with Crippen LogP contribution in [0.5, 0.6) is 11.5 Å². The second-order valence-corrected chi connectivity index (χ2v) is 5.98. The number of anilines is 1. The van der Waals surface area contributed by atoms with E-state index in [9.17, 15) is 0 Å². The van der Waals surface area contributed by atoms with E-state index >= 15 is 0 Å². The predicted molar refractivity (Wildman–Crippen MR) is 101 cm³/mol. The third-order valence-electron chi connectivity index (χ3n) is 4.03. The molecule has 0 atom stereocenters. The minimum atomic E-state index is 0.570. The standard InChI is InChI=1S/C19H20ClN3O2/c1-23-16(13-6-4-8-15(20)10-13)12-22-19(23)21-11-14-7-5-9-17(24-2)18(14)25-3/h4-10,12H,11H2,1-3H3,(H,21,22). The lowest BCUT2D eigenvalue weighted by molar-refractivity contribution is 0.352. The van der Waals surface area contributed by atoms with Gasteiger partial charge in [0.25, 0.3) is 0 Å². The van der Waals surface area contributed by atoms with Crippen LogP contribution < -0.4 is 14.8 Å². The molecule has 5 nitrogen and oxygen atoms in total. The number of benzene rings is 2. The van der Waals surface area contributed by atoms with E-state index in [-0.39, 0.29) is 0 Å². The molecule has 130 valence electrons. The summed E-state index contributed by atoms with van der Waals surface area (Å²) in [6.45, 7) is 0.570. The molecule has 0 saturated heterocycles. The number of methoxy groups -OCH3 is 2. The lowest BCUT2D eigenvalue weighted by Crippen LogP contribution is -2.07. The van der Waals surface area contributed by atoms with Gasteiger partial charge in [0.1, 0.15) is 0 Å². The normalized spacial score (nSPS) is 10.6. The zero-order valence-corrected chi connectivity index (χ0v) is 15.2. The summed E-state index contributed by atoms with van der Waals surface area (Å²) in [6, 6.07) is 13.5. The fourth-order valence-corrected chi connectivity index (χ4v) is 2.95. The highest BCUT2D eigenvalue weighted by Gasteiger charge is 2.12. The smallest absolute Gasteiger partial charge is 0.203 e. The molecule has 0 unspecified atom stereocenters. The van der Waals surface area contributed by atoms with Crippen LogP contribution in [-0.2, 0) is 13.6 Å². The maximum absolute atomic E-state index is 6.09. The van der Waals surface area contributed by atoms with E-state index in [2.05, 4.69) is 10.3 Å². The first-order chi connectivity index (χ1) is 12.1. The van der Waals surface area contributed by atoms with E-state index in [0.717, 1.165) is 28.5 Å². The van der Waals surface area contributed by atoms with Crippen LogP contribution in [0.4, 0.5) is 5.95 Å². The van der Waals surface area contributed by atoms with E-state index in [1.165, 1.54) is 0 Å². The molecule has 1 aromatic heterocycles. The molecule has 0 fully saturated rings. The Morgan fingerprint density at radius 1 is 1.12 bits per heavy atom. The second-order valence-electron chi connectivity index (χ2n) is 5.54. The van der Waals surface area contributed by atoms with Crippen molar-refractivity contribution in [3.63, 3.8) is 0 Å². The Balaban J connectivity index is 1.82. The van der Waals surface area contributed by atoms with Gasteiger partial charge in [-0.2, -0.15) is 0 Å². The number of ether oxygens (including phenoxy) is 2. The van der Waals surface area contributed by atoms with Gasteiger partial charge < -0.3 is 19.4 Å². The number of aromatic nitrogens is 2. The number of nitrogens with one attached hydrogen (secondary N) is 1. The van der Waals surface area contributed by atoms with Gasteiger partial charge in [0, 0.05) is 29.7 Å². The molecule has 2 aromatic carbocycles. The van der Waals surface area contributed by atoms with Crippen LogP contribution in [-0.4, -0.2) is 23.8 Å². The van der Waals surface area contributed by atoms with E-state index in [1.54, 1.807) is 14.2 Å². The zero-order chi connectivity index (χ0) is 17.8. The maximum atomic E-state index is 6.09. The van der Waals surface area contributed by atoms with Gasteiger partial charge in [-0.25, -0.2) is 4.98 Å². The molecule has 25 heavy (non-hydrogen) atoms. The Morgan fingerprint density at radius 2 is 1.92 bits per heavy atom. The molecule has 0 aliphatic rings. The lowest BCUT2D eigenvalue weighted by Gasteiger charge is -2.14. The van der Waals surface area contributed by atoms with Crippen molar-refractivity contribution in [1.82, 2.24) is 9.55 Å². The van der Waals surface area contributed by atoms with E-state index < -0.39 is 0 Å². The molecule has 0 radical (unpaired) electrons. The first-order valence-corrected chi connectivity index (χ1v) is 8.23. The molecule has 0 saturated carbocycles. The Morgan fingerprint density at radius 3 is 2.64 bits per heavy atom. The summed E-state index contributed by atoms with van der Waals surface area (Å²) in [7, 11) is 5.23. The summed E-state index contributed by atoms with van der Waals surface area (Å²) >= 11 is 6.09. The molecule has 0 aliphatic carbocycles. The molecule has 3 aromatic rings. The quantitative estimate of drug-likeness (QED) is 0.711. The van der Waals surface area contributed by atoms with Crippen molar-refractivity contribution in [2.24, 2.45) is 7.05 Å². The van der Waals surface area contributed by atoms with E-state index in [4.69, 9.17) is 21.1 Å². The van der Waals surface area contributed by atoms with Crippen LogP contribution >= 0.6 is 11.6 Å². The summed E-state index contributed by atoms with van der Waals surface area (Å²) in [6.07, 6.45) is 1.83. The van der Waals surface area contributed by atoms with Gasteiger partial charge >= 0.3 is 0 Å². The average molecular weight is 358 g/mol.